The third-order valence-corrected chi connectivity index (χ3v) is 4.38. The Bertz CT molecular complexity index is 576. The minimum atomic E-state index is -3.67. The molecule has 0 aromatic heterocycles. The maximum Gasteiger partial charge on any atom is 0.240 e. The molecule has 17 heavy (non-hydrogen) atoms. The van der Waals surface area contributed by atoms with Crippen molar-refractivity contribution in [3.05, 3.63) is 24.3 Å². The fraction of sp³-hybridized carbons (Fsp3) is 0.333. The van der Waals surface area contributed by atoms with Crippen molar-refractivity contribution in [1.82, 2.24) is 4.72 Å². The molecule has 0 bridgehead atoms. The van der Waals surface area contributed by atoms with E-state index in [-0.39, 0.29) is 17.2 Å². The van der Waals surface area contributed by atoms with E-state index in [1.807, 2.05) is 0 Å². The van der Waals surface area contributed by atoms with Crippen LogP contribution in [0.4, 0.5) is 5.69 Å². The lowest BCUT2D eigenvalue weighted by Crippen LogP contribution is -2.28. The zero-order valence-electron chi connectivity index (χ0n) is 9.25. The van der Waals surface area contributed by atoms with Gasteiger partial charge < -0.3 is 5.73 Å². The van der Waals surface area contributed by atoms with Crippen LogP contribution in [-0.2, 0) is 19.9 Å². The summed E-state index contributed by atoms with van der Waals surface area (Å²) in [5, 5.41) is 0. The number of sulfonamides is 1. The first-order valence-corrected chi connectivity index (χ1v) is 8.28. The van der Waals surface area contributed by atoms with Gasteiger partial charge in [-0.2, -0.15) is 0 Å². The number of rotatable bonds is 5. The summed E-state index contributed by atoms with van der Waals surface area (Å²) < 4.78 is 47.3. The number of benzene rings is 1. The second-order valence-electron chi connectivity index (χ2n) is 3.60. The normalized spacial score (nSPS) is 12.5. The molecule has 8 heteroatoms. The van der Waals surface area contributed by atoms with Crippen LogP contribution in [0.3, 0.4) is 0 Å². The van der Waals surface area contributed by atoms with Gasteiger partial charge in [0, 0.05) is 18.5 Å². The van der Waals surface area contributed by atoms with Gasteiger partial charge in [0.1, 0.15) is 9.84 Å². The fourth-order valence-corrected chi connectivity index (χ4v) is 2.73. The van der Waals surface area contributed by atoms with E-state index in [0.29, 0.717) is 5.69 Å². The molecule has 1 aromatic carbocycles. The Morgan fingerprint density at radius 2 is 1.65 bits per heavy atom. The first kappa shape index (κ1) is 13.9. The van der Waals surface area contributed by atoms with E-state index in [4.69, 9.17) is 5.73 Å². The molecule has 1 rings (SSSR count). The van der Waals surface area contributed by atoms with Crippen LogP contribution in [0.1, 0.15) is 0 Å². The molecule has 0 saturated heterocycles. The van der Waals surface area contributed by atoms with Crippen LogP contribution < -0.4 is 10.5 Å². The van der Waals surface area contributed by atoms with Gasteiger partial charge in [-0.25, -0.2) is 21.6 Å². The van der Waals surface area contributed by atoms with Crippen molar-refractivity contribution in [3.8, 4) is 0 Å². The van der Waals surface area contributed by atoms with E-state index in [9.17, 15) is 16.8 Å². The highest BCUT2D eigenvalue weighted by atomic mass is 32.2. The highest BCUT2D eigenvalue weighted by Gasteiger charge is 2.14. The summed E-state index contributed by atoms with van der Waals surface area (Å²) in [7, 11) is -6.85. The molecule has 96 valence electrons. The van der Waals surface area contributed by atoms with Crippen LogP contribution in [0.15, 0.2) is 29.2 Å². The van der Waals surface area contributed by atoms with Crippen LogP contribution in [0, 0.1) is 0 Å². The smallest absolute Gasteiger partial charge is 0.240 e. The molecule has 0 amide bonds. The SMILES string of the molecule is CS(=O)(=O)CCNS(=O)(=O)c1ccc(N)cc1. The topological polar surface area (TPSA) is 106 Å². The van der Waals surface area contributed by atoms with E-state index >= 15 is 0 Å². The minimum absolute atomic E-state index is 0.0557. The van der Waals surface area contributed by atoms with E-state index in [1.54, 1.807) is 0 Å². The number of sulfone groups is 1. The van der Waals surface area contributed by atoms with Gasteiger partial charge >= 0.3 is 0 Å². The second-order valence-corrected chi connectivity index (χ2v) is 7.62. The van der Waals surface area contributed by atoms with Crippen molar-refractivity contribution in [2.75, 3.05) is 24.3 Å². The number of nitrogens with one attached hydrogen (secondary N) is 1. The first-order valence-electron chi connectivity index (χ1n) is 4.74. The lowest BCUT2D eigenvalue weighted by molar-refractivity contribution is 0.582. The number of hydrogen-bond acceptors (Lipinski definition) is 5. The van der Waals surface area contributed by atoms with Crippen molar-refractivity contribution >= 4 is 25.5 Å². The summed E-state index contributed by atoms with van der Waals surface area (Å²) in [6, 6.07) is 5.65. The average molecular weight is 278 g/mol. The summed E-state index contributed by atoms with van der Waals surface area (Å²) in [6.45, 7) is -0.147. The summed E-state index contributed by atoms with van der Waals surface area (Å²) in [4.78, 5) is 0.0557. The number of hydrogen-bond donors (Lipinski definition) is 2. The van der Waals surface area contributed by atoms with Gasteiger partial charge in [0.05, 0.1) is 10.6 Å². The molecule has 0 saturated carbocycles. The Balaban J connectivity index is 2.73. The zero-order chi connectivity index (χ0) is 13.1. The zero-order valence-corrected chi connectivity index (χ0v) is 10.9. The Hall–Kier alpha value is -1.12. The van der Waals surface area contributed by atoms with Crippen molar-refractivity contribution < 1.29 is 16.8 Å². The van der Waals surface area contributed by atoms with Gasteiger partial charge in [0.25, 0.3) is 0 Å². The summed E-state index contributed by atoms with van der Waals surface area (Å²) in [5.41, 5.74) is 5.89. The molecular weight excluding hydrogens is 264 g/mol. The van der Waals surface area contributed by atoms with Gasteiger partial charge in [-0.3, -0.25) is 0 Å². The standard InChI is InChI=1S/C9H14N2O4S2/c1-16(12,13)7-6-11-17(14,15)9-4-2-8(10)3-5-9/h2-5,11H,6-7,10H2,1H3. The van der Waals surface area contributed by atoms with Crippen LogP contribution in [-0.4, -0.2) is 35.4 Å². The number of nitrogens with two attached hydrogens (primary N) is 1. The molecule has 0 aliphatic carbocycles. The Morgan fingerprint density at radius 1 is 1.12 bits per heavy atom. The quantitative estimate of drug-likeness (QED) is 0.712. The van der Waals surface area contributed by atoms with Gasteiger partial charge in [-0.05, 0) is 24.3 Å². The Morgan fingerprint density at radius 3 is 2.12 bits per heavy atom. The van der Waals surface area contributed by atoms with Crippen molar-refractivity contribution in [2.24, 2.45) is 0 Å². The molecule has 0 aliphatic rings. The predicted octanol–water partition coefficient (Wildman–Crippen LogP) is -0.408. The molecule has 0 aliphatic heterocycles. The second kappa shape index (κ2) is 5.03. The molecule has 0 unspecified atom stereocenters. The van der Waals surface area contributed by atoms with Crippen molar-refractivity contribution in [3.63, 3.8) is 0 Å². The third-order valence-electron chi connectivity index (χ3n) is 1.96. The van der Waals surface area contributed by atoms with E-state index in [2.05, 4.69) is 4.72 Å². The molecule has 0 fully saturated rings. The first-order chi connectivity index (χ1) is 7.71. The Kier molecular flexibility index (Phi) is 4.12. The van der Waals surface area contributed by atoms with E-state index < -0.39 is 19.9 Å². The van der Waals surface area contributed by atoms with Crippen LogP contribution >= 0.6 is 0 Å². The summed E-state index contributed by atoms with van der Waals surface area (Å²) in [5.74, 6) is -0.235. The van der Waals surface area contributed by atoms with Crippen LogP contribution in [0.25, 0.3) is 0 Å². The van der Waals surface area contributed by atoms with Crippen molar-refractivity contribution in [2.45, 2.75) is 4.90 Å². The van der Waals surface area contributed by atoms with Gasteiger partial charge in [0.2, 0.25) is 10.0 Å². The number of nitrogen functional groups attached to an aromatic ring is 1. The molecule has 0 heterocycles. The third kappa shape index (κ3) is 4.72. The lowest BCUT2D eigenvalue weighted by Gasteiger charge is -2.06. The lowest BCUT2D eigenvalue weighted by atomic mass is 10.3. The maximum atomic E-state index is 11.7. The molecular formula is C9H14N2O4S2. The minimum Gasteiger partial charge on any atom is -0.399 e. The van der Waals surface area contributed by atoms with Crippen molar-refractivity contribution in [1.29, 1.82) is 0 Å². The highest BCUT2D eigenvalue weighted by molar-refractivity contribution is 7.91. The van der Waals surface area contributed by atoms with Gasteiger partial charge in [-0.15, -0.1) is 0 Å². The number of anilines is 1. The molecule has 0 radical (unpaired) electrons. The monoisotopic (exact) mass is 278 g/mol. The average Bonchev–Trinajstić information content (AvgIpc) is 2.15. The fourth-order valence-electron chi connectivity index (χ4n) is 1.09. The van der Waals surface area contributed by atoms with E-state index in [0.717, 1.165) is 6.26 Å². The van der Waals surface area contributed by atoms with E-state index in [1.165, 1.54) is 24.3 Å². The molecule has 1 aromatic rings. The van der Waals surface area contributed by atoms with Gasteiger partial charge in [-0.1, -0.05) is 0 Å². The maximum absolute atomic E-state index is 11.7. The molecule has 0 spiro atoms. The molecule has 0 atom stereocenters. The molecule has 6 nitrogen and oxygen atoms in total. The summed E-state index contributed by atoms with van der Waals surface area (Å²) in [6.07, 6.45) is 1.05. The highest BCUT2D eigenvalue weighted by Crippen LogP contribution is 2.10. The molecule has 3 N–H and O–H groups in total. The summed E-state index contributed by atoms with van der Waals surface area (Å²) >= 11 is 0. The largest absolute Gasteiger partial charge is 0.399 e. The predicted molar refractivity (Wildman–Crippen MR) is 65.8 cm³/mol. The van der Waals surface area contributed by atoms with Crippen LogP contribution in [0.2, 0.25) is 0 Å². The Labute approximate surface area is 101 Å². The van der Waals surface area contributed by atoms with Crippen LogP contribution in [0.5, 0.6) is 0 Å². The van der Waals surface area contributed by atoms with Gasteiger partial charge in [0.15, 0.2) is 0 Å².